The van der Waals surface area contributed by atoms with Crippen molar-refractivity contribution in [2.45, 2.75) is 26.3 Å². The topological polar surface area (TPSA) is 75.4 Å². The highest BCUT2D eigenvalue weighted by atomic mass is 32.2. The van der Waals surface area contributed by atoms with E-state index in [1.54, 1.807) is 24.3 Å². The molecule has 0 bridgehead atoms. The monoisotopic (exact) mass is 335 g/mol. The third-order valence-electron chi connectivity index (χ3n) is 4.24. The number of anilines is 1. The highest BCUT2D eigenvalue weighted by Crippen LogP contribution is 2.17. The summed E-state index contributed by atoms with van der Waals surface area (Å²) in [6.07, 6.45) is 0.847. The second kappa shape index (κ2) is 8.36. The summed E-state index contributed by atoms with van der Waals surface area (Å²) in [6, 6.07) is 6.54. The molecule has 2 rings (SSSR count). The zero-order valence-corrected chi connectivity index (χ0v) is 14.6. The van der Waals surface area contributed by atoms with E-state index in [1.165, 1.54) is 0 Å². The number of hydrogen-bond donors (Lipinski definition) is 2. The molecule has 1 saturated heterocycles. The Labute approximate surface area is 142 Å². The fourth-order valence-corrected chi connectivity index (χ4v) is 3.32. The Hall–Kier alpha value is -1.53. The Kier molecular flexibility index (Phi) is 6.47. The molecule has 0 spiro atoms. The molecule has 1 fully saturated rings. The van der Waals surface area contributed by atoms with E-state index in [1.807, 2.05) is 30.5 Å². The molecule has 0 saturated carbocycles. The lowest BCUT2D eigenvalue weighted by molar-refractivity contribution is -0.118. The van der Waals surface area contributed by atoms with Crippen LogP contribution in [0.4, 0.5) is 5.69 Å². The first-order valence-corrected chi connectivity index (χ1v) is 9.22. The number of carbonyl (C=O) groups excluding carboxylic acids is 2. The second-order valence-corrected chi connectivity index (χ2v) is 7.11. The van der Waals surface area contributed by atoms with Crippen molar-refractivity contribution >= 4 is 29.3 Å². The van der Waals surface area contributed by atoms with Crippen LogP contribution in [0.25, 0.3) is 0 Å². The molecule has 0 radical (unpaired) electrons. The minimum absolute atomic E-state index is 0.0209. The van der Waals surface area contributed by atoms with E-state index in [2.05, 4.69) is 5.32 Å². The number of benzene rings is 1. The fourth-order valence-electron chi connectivity index (χ4n) is 2.42. The molecule has 2 atom stereocenters. The van der Waals surface area contributed by atoms with Crippen LogP contribution in [0, 0.1) is 5.92 Å². The zero-order valence-electron chi connectivity index (χ0n) is 13.7. The summed E-state index contributed by atoms with van der Waals surface area (Å²) in [6.45, 7) is 5.52. The Morgan fingerprint density at radius 1 is 1.35 bits per heavy atom. The lowest BCUT2D eigenvalue weighted by Gasteiger charge is -2.26. The molecule has 23 heavy (non-hydrogen) atoms. The SMILES string of the molecule is CCC(C)C(N)C(=O)Nc1cccc(C(=O)N2CCSCC2)c1. The van der Waals surface area contributed by atoms with Gasteiger partial charge < -0.3 is 16.0 Å². The van der Waals surface area contributed by atoms with Gasteiger partial charge >= 0.3 is 0 Å². The smallest absolute Gasteiger partial charge is 0.253 e. The molecule has 2 amide bonds. The molecule has 6 heteroatoms. The van der Waals surface area contributed by atoms with Gasteiger partial charge in [-0.15, -0.1) is 0 Å². The maximum Gasteiger partial charge on any atom is 0.253 e. The van der Waals surface area contributed by atoms with Gasteiger partial charge in [0.1, 0.15) is 0 Å². The maximum atomic E-state index is 12.5. The molecule has 1 aliphatic heterocycles. The van der Waals surface area contributed by atoms with E-state index in [0.717, 1.165) is 31.0 Å². The van der Waals surface area contributed by atoms with Gasteiger partial charge in [-0.05, 0) is 24.1 Å². The van der Waals surface area contributed by atoms with Gasteiger partial charge in [0.15, 0.2) is 0 Å². The fraction of sp³-hybridized carbons (Fsp3) is 0.529. The number of thioether (sulfide) groups is 1. The summed E-state index contributed by atoms with van der Waals surface area (Å²) in [5.74, 6) is 1.88. The van der Waals surface area contributed by atoms with Crippen LogP contribution in [0.2, 0.25) is 0 Å². The van der Waals surface area contributed by atoms with Crippen molar-refractivity contribution in [3.05, 3.63) is 29.8 Å². The second-order valence-electron chi connectivity index (χ2n) is 5.89. The van der Waals surface area contributed by atoms with Gasteiger partial charge in [-0.3, -0.25) is 9.59 Å². The predicted molar refractivity (Wildman–Crippen MR) is 95.7 cm³/mol. The largest absolute Gasteiger partial charge is 0.337 e. The summed E-state index contributed by atoms with van der Waals surface area (Å²) in [5, 5.41) is 2.82. The van der Waals surface area contributed by atoms with E-state index < -0.39 is 6.04 Å². The highest BCUT2D eigenvalue weighted by molar-refractivity contribution is 7.99. The van der Waals surface area contributed by atoms with Crippen LogP contribution >= 0.6 is 11.8 Å². The van der Waals surface area contributed by atoms with Gasteiger partial charge in [0.25, 0.3) is 5.91 Å². The van der Waals surface area contributed by atoms with Crippen molar-refractivity contribution in [2.75, 3.05) is 29.9 Å². The molecule has 126 valence electrons. The van der Waals surface area contributed by atoms with Gasteiger partial charge in [-0.25, -0.2) is 0 Å². The summed E-state index contributed by atoms with van der Waals surface area (Å²) < 4.78 is 0. The highest BCUT2D eigenvalue weighted by Gasteiger charge is 2.21. The number of nitrogens with two attached hydrogens (primary N) is 1. The average molecular weight is 335 g/mol. The van der Waals surface area contributed by atoms with Crippen LogP contribution in [0.1, 0.15) is 30.6 Å². The molecule has 5 nitrogen and oxygen atoms in total. The van der Waals surface area contributed by atoms with E-state index in [9.17, 15) is 9.59 Å². The molecular formula is C17H25N3O2S. The van der Waals surface area contributed by atoms with Crippen molar-refractivity contribution < 1.29 is 9.59 Å². The zero-order chi connectivity index (χ0) is 16.8. The summed E-state index contributed by atoms with van der Waals surface area (Å²) in [4.78, 5) is 26.5. The Morgan fingerprint density at radius 3 is 2.70 bits per heavy atom. The van der Waals surface area contributed by atoms with Crippen molar-refractivity contribution in [3.8, 4) is 0 Å². The number of rotatable bonds is 5. The molecule has 1 heterocycles. The molecule has 1 aliphatic rings. The Morgan fingerprint density at radius 2 is 2.04 bits per heavy atom. The van der Waals surface area contributed by atoms with Crippen molar-refractivity contribution in [3.63, 3.8) is 0 Å². The van der Waals surface area contributed by atoms with Crippen LogP contribution in [0.15, 0.2) is 24.3 Å². The first kappa shape index (κ1) is 17.8. The molecular weight excluding hydrogens is 310 g/mol. The summed E-state index contributed by atoms with van der Waals surface area (Å²) in [7, 11) is 0. The normalized spacial score (nSPS) is 17.4. The van der Waals surface area contributed by atoms with Crippen molar-refractivity contribution in [1.29, 1.82) is 0 Å². The molecule has 1 aromatic rings. The summed E-state index contributed by atoms with van der Waals surface area (Å²) >= 11 is 1.87. The van der Waals surface area contributed by atoms with Crippen LogP contribution in [0.3, 0.4) is 0 Å². The minimum Gasteiger partial charge on any atom is -0.337 e. The van der Waals surface area contributed by atoms with E-state index >= 15 is 0 Å². The van der Waals surface area contributed by atoms with Gasteiger partial charge in [-0.1, -0.05) is 26.3 Å². The van der Waals surface area contributed by atoms with Gasteiger partial charge in [0.05, 0.1) is 6.04 Å². The standard InChI is InChI=1S/C17H25N3O2S/c1-3-12(2)15(18)16(21)19-14-6-4-5-13(11-14)17(22)20-7-9-23-10-8-20/h4-6,11-12,15H,3,7-10,18H2,1-2H3,(H,19,21). The van der Waals surface area contributed by atoms with Gasteiger partial charge in [-0.2, -0.15) is 11.8 Å². The third-order valence-corrected chi connectivity index (χ3v) is 5.18. The minimum atomic E-state index is -0.543. The number of amides is 2. The van der Waals surface area contributed by atoms with Gasteiger partial charge in [0.2, 0.25) is 5.91 Å². The van der Waals surface area contributed by atoms with Crippen LogP contribution in [-0.2, 0) is 4.79 Å². The van der Waals surface area contributed by atoms with Crippen molar-refractivity contribution in [2.24, 2.45) is 11.7 Å². The van der Waals surface area contributed by atoms with E-state index in [0.29, 0.717) is 11.3 Å². The summed E-state index contributed by atoms with van der Waals surface area (Å²) in [5.41, 5.74) is 7.16. The van der Waals surface area contributed by atoms with E-state index in [-0.39, 0.29) is 17.7 Å². The van der Waals surface area contributed by atoms with Crippen molar-refractivity contribution in [1.82, 2.24) is 4.90 Å². The maximum absolute atomic E-state index is 12.5. The Balaban J connectivity index is 2.04. The van der Waals surface area contributed by atoms with Crippen LogP contribution in [0.5, 0.6) is 0 Å². The molecule has 0 aromatic heterocycles. The molecule has 2 unspecified atom stereocenters. The third kappa shape index (κ3) is 4.72. The average Bonchev–Trinajstić information content (AvgIpc) is 2.60. The number of nitrogens with one attached hydrogen (secondary N) is 1. The number of hydrogen-bond acceptors (Lipinski definition) is 4. The number of carbonyl (C=O) groups is 2. The quantitative estimate of drug-likeness (QED) is 0.865. The predicted octanol–water partition coefficient (Wildman–Crippen LogP) is 2.19. The first-order chi connectivity index (χ1) is 11.0. The van der Waals surface area contributed by atoms with Gasteiger partial charge in [0, 0.05) is 35.8 Å². The molecule has 1 aromatic carbocycles. The van der Waals surface area contributed by atoms with Crippen LogP contribution in [-0.4, -0.2) is 47.4 Å². The van der Waals surface area contributed by atoms with Crippen LogP contribution < -0.4 is 11.1 Å². The lowest BCUT2D eigenvalue weighted by atomic mass is 9.99. The van der Waals surface area contributed by atoms with E-state index in [4.69, 9.17) is 5.73 Å². The lowest BCUT2D eigenvalue weighted by Crippen LogP contribution is -2.40. The first-order valence-electron chi connectivity index (χ1n) is 8.06. The Bertz CT molecular complexity index is 559. The number of nitrogens with zero attached hydrogens (tertiary/aromatic N) is 1. The molecule has 0 aliphatic carbocycles. The molecule has 3 N–H and O–H groups in total.